The third-order valence-corrected chi connectivity index (χ3v) is 8.69. The first-order valence-corrected chi connectivity index (χ1v) is 15.1. The van der Waals surface area contributed by atoms with Gasteiger partial charge in [-0.05, 0) is 65.8 Å². The van der Waals surface area contributed by atoms with Crippen LogP contribution < -0.4 is 4.90 Å². The van der Waals surface area contributed by atoms with Crippen LogP contribution in [0.4, 0.5) is 5.69 Å². The Bertz CT molecular complexity index is 1800. The number of aromatic amines is 1. The fraction of sp³-hybridized carbons (Fsp3) is 0.243. The van der Waals surface area contributed by atoms with Crippen molar-refractivity contribution in [3.63, 3.8) is 0 Å². The van der Waals surface area contributed by atoms with Crippen molar-refractivity contribution in [2.45, 2.75) is 44.2 Å². The van der Waals surface area contributed by atoms with E-state index >= 15 is 0 Å². The van der Waals surface area contributed by atoms with E-state index in [4.69, 9.17) is 9.84 Å². The molecule has 2 N–H and O–H groups in total. The van der Waals surface area contributed by atoms with E-state index in [1.165, 1.54) is 5.56 Å². The van der Waals surface area contributed by atoms with E-state index in [9.17, 15) is 14.4 Å². The lowest BCUT2D eigenvalue weighted by atomic mass is 9.90. The molecule has 0 fully saturated rings. The standard InChI is InChI=1S/C37H35N3O5/c1-37(30-13-11-27(12-14-30)34(45-2)15-16-35(42)43)21-29(23-39-37)33(41)19-24-7-9-25(10-8-24)31-20-28(22-38-31)36(44)40-18-17-26-5-3-4-6-32(26)40/h3-14,20-23,34,38H,15-19H2,1-2H3,(H,42,43). The summed E-state index contributed by atoms with van der Waals surface area (Å²) in [5.74, 6) is -0.889. The maximum Gasteiger partial charge on any atom is 0.303 e. The molecule has 0 saturated heterocycles. The molecular weight excluding hydrogens is 566 g/mol. The summed E-state index contributed by atoms with van der Waals surface area (Å²) in [4.78, 5) is 47.1. The van der Waals surface area contributed by atoms with Gasteiger partial charge in [-0.25, -0.2) is 0 Å². The number of nitrogens with one attached hydrogen (secondary N) is 1. The fourth-order valence-electron chi connectivity index (χ4n) is 6.08. The van der Waals surface area contributed by atoms with Gasteiger partial charge < -0.3 is 19.7 Å². The number of fused-ring (bicyclic) bond motifs is 1. The number of ketones is 1. The van der Waals surface area contributed by atoms with Crippen molar-refractivity contribution >= 4 is 29.6 Å². The molecular formula is C37H35N3O5. The van der Waals surface area contributed by atoms with Crippen LogP contribution in [-0.2, 0) is 32.7 Å². The molecule has 0 aliphatic carbocycles. The van der Waals surface area contributed by atoms with Gasteiger partial charge in [0.2, 0.25) is 0 Å². The van der Waals surface area contributed by atoms with Crippen LogP contribution >= 0.6 is 0 Å². The van der Waals surface area contributed by atoms with Gasteiger partial charge in [0.05, 0.1) is 11.7 Å². The van der Waals surface area contributed by atoms with Gasteiger partial charge in [0.1, 0.15) is 5.54 Å². The van der Waals surface area contributed by atoms with Crippen LogP contribution in [0.3, 0.4) is 0 Å². The molecule has 6 rings (SSSR count). The highest BCUT2D eigenvalue weighted by molar-refractivity contribution is 6.15. The average molecular weight is 602 g/mol. The SMILES string of the molecule is COC(CCC(=O)O)c1ccc(C2(C)C=C(C(=O)Cc3ccc(-c4cc(C(=O)N5CCc6ccccc65)c[nH]4)cc3)C=N2)cc1. The van der Waals surface area contributed by atoms with E-state index in [2.05, 4.69) is 16.0 Å². The Morgan fingerprint density at radius 1 is 1.04 bits per heavy atom. The molecule has 0 spiro atoms. The molecule has 2 aliphatic heterocycles. The van der Waals surface area contributed by atoms with Crippen molar-refractivity contribution in [3.05, 3.63) is 125 Å². The topological polar surface area (TPSA) is 112 Å². The minimum atomic E-state index is -0.855. The third kappa shape index (κ3) is 6.28. The molecule has 2 unspecified atom stereocenters. The zero-order valence-electron chi connectivity index (χ0n) is 25.3. The van der Waals surface area contributed by atoms with Crippen LogP contribution in [0.1, 0.15) is 58.5 Å². The number of carboxylic acids is 1. The summed E-state index contributed by atoms with van der Waals surface area (Å²) in [5.41, 5.74) is 7.18. The lowest BCUT2D eigenvalue weighted by Gasteiger charge is -2.21. The summed E-state index contributed by atoms with van der Waals surface area (Å²) in [6.45, 7) is 2.64. The Morgan fingerprint density at radius 2 is 1.80 bits per heavy atom. The number of methoxy groups -OCH3 is 1. The molecule has 4 aromatic rings. The minimum Gasteiger partial charge on any atom is -0.481 e. The van der Waals surface area contributed by atoms with Crippen LogP contribution in [0.5, 0.6) is 0 Å². The van der Waals surface area contributed by atoms with Crippen LogP contribution in [0, 0.1) is 0 Å². The average Bonchev–Trinajstić information content (AvgIpc) is 3.81. The lowest BCUT2D eigenvalue weighted by Crippen LogP contribution is -2.28. The summed E-state index contributed by atoms with van der Waals surface area (Å²) in [6, 6.07) is 25.4. The van der Waals surface area contributed by atoms with Crippen molar-refractivity contribution in [3.8, 4) is 11.3 Å². The van der Waals surface area contributed by atoms with E-state index in [1.54, 1.807) is 19.5 Å². The number of aromatic nitrogens is 1. The number of hydrogen-bond acceptors (Lipinski definition) is 5. The number of benzene rings is 3. The monoisotopic (exact) mass is 601 g/mol. The Hall–Kier alpha value is -5.08. The minimum absolute atomic E-state index is 0.0152. The summed E-state index contributed by atoms with van der Waals surface area (Å²) in [5, 5.41) is 9.00. The highest BCUT2D eigenvalue weighted by Gasteiger charge is 2.30. The second-order valence-corrected chi connectivity index (χ2v) is 11.7. The first-order valence-electron chi connectivity index (χ1n) is 15.1. The molecule has 0 bridgehead atoms. The Labute approximate surface area is 262 Å². The van der Waals surface area contributed by atoms with Crippen molar-refractivity contribution < 1.29 is 24.2 Å². The molecule has 1 amide bonds. The summed E-state index contributed by atoms with van der Waals surface area (Å²) < 4.78 is 5.49. The molecule has 3 aromatic carbocycles. The van der Waals surface area contributed by atoms with Crippen LogP contribution in [0.25, 0.3) is 11.3 Å². The third-order valence-electron chi connectivity index (χ3n) is 8.69. The number of nitrogens with zero attached hydrogens (tertiary/aromatic N) is 2. The predicted octanol–water partition coefficient (Wildman–Crippen LogP) is 6.47. The molecule has 228 valence electrons. The Balaban J connectivity index is 1.08. The Kier molecular flexibility index (Phi) is 8.32. The van der Waals surface area contributed by atoms with Crippen LogP contribution in [0.15, 0.2) is 102 Å². The van der Waals surface area contributed by atoms with Crippen LogP contribution in [-0.4, -0.2) is 47.6 Å². The molecule has 2 atom stereocenters. The maximum absolute atomic E-state index is 13.2. The van der Waals surface area contributed by atoms with E-state index in [1.807, 2.05) is 90.7 Å². The Morgan fingerprint density at radius 3 is 2.53 bits per heavy atom. The van der Waals surface area contributed by atoms with Crippen molar-refractivity contribution in [2.75, 3.05) is 18.6 Å². The van der Waals surface area contributed by atoms with Gasteiger partial charge in [-0.15, -0.1) is 0 Å². The molecule has 2 aliphatic rings. The van der Waals surface area contributed by atoms with Gasteiger partial charge in [-0.3, -0.25) is 19.4 Å². The molecule has 8 nitrogen and oxygen atoms in total. The number of para-hydroxylation sites is 1. The smallest absolute Gasteiger partial charge is 0.303 e. The number of amides is 1. The number of rotatable bonds is 11. The molecule has 8 heteroatoms. The zero-order chi connectivity index (χ0) is 31.6. The lowest BCUT2D eigenvalue weighted by molar-refractivity contribution is -0.137. The van der Waals surface area contributed by atoms with E-state index in [-0.39, 0.29) is 30.6 Å². The van der Waals surface area contributed by atoms with Crippen molar-refractivity contribution in [1.29, 1.82) is 0 Å². The molecule has 1 aromatic heterocycles. The molecule has 0 saturated carbocycles. The predicted molar refractivity (Wildman–Crippen MR) is 174 cm³/mol. The van der Waals surface area contributed by atoms with E-state index in [0.717, 1.165) is 40.1 Å². The van der Waals surface area contributed by atoms with E-state index in [0.29, 0.717) is 24.1 Å². The van der Waals surface area contributed by atoms with E-state index < -0.39 is 11.5 Å². The van der Waals surface area contributed by atoms with Crippen molar-refractivity contribution in [2.24, 2.45) is 4.99 Å². The molecule has 3 heterocycles. The number of Topliss-reactive ketones (excluding diaryl/α,β-unsaturated/α-hetero) is 1. The highest BCUT2D eigenvalue weighted by Crippen LogP contribution is 2.34. The number of allylic oxidation sites excluding steroid dienone is 1. The number of H-pyrrole nitrogens is 1. The fourth-order valence-corrected chi connectivity index (χ4v) is 6.08. The molecule has 0 radical (unpaired) electrons. The second-order valence-electron chi connectivity index (χ2n) is 11.7. The van der Waals surface area contributed by atoms with Gasteiger partial charge in [-0.2, -0.15) is 0 Å². The first kappa shape index (κ1) is 30.0. The summed E-state index contributed by atoms with van der Waals surface area (Å²) in [7, 11) is 1.57. The molecule has 45 heavy (non-hydrogen) atoms. The van der Waals surface area contributed by atoms with Gasteiger partial charge in [0.25, 0.3) is 5.91 Å². The number of carbonyl (C=O) groups excluding carboxylic acids is 2. The maximum atomic E-state index is 13.2. The normalized spacial score (nSPS) is 17.6. The number of ether oxygens (including phenoxy) is 1. The van der Waals surface area contributed by atoms with Gasteiger partial charge in [0.15, 0.2) is 5.78 Å². The summed E-state index contributed by atoms with van der Waals surface area (Å²) >= 11 is 0. The zero-order valence-corrected chi connectivity index (χ0v) is 25.3. The van der Waals surface area contributed by atoms with Gasteiger partial charge in [0, 0.05) is 55.9 Å². The second kappa shape index (κ2) is 12.5. The quantitative estimate of drug-likeness (QED) is 0.205. The number of carboxylic acid groups (broad SMARTS) is 1. The number of hydrogen-bond donors (Lipinski definition) is 2. The van der Waals surface area contributed by atoms with Gasteiger partial charge in [-0.1, -0.05) is 66.7 Å². The number of aliphatic imine (C=N–C) groups is 1. The number of anilines is 1. The summed E-state index contributed by atoms with van der Waals surface area (Å²) in [6.07, 6.45) is 6.52. The van der Waals surface area contributed by atoms with Crippen LogP contribution in [0.2, 0.25) is 0 Å². The highest BCUT2D eigenvalue weighted by atomic mass is 16.5. The van der Waals surface area contributed by atoms with Crippen molar-refractivity contribution in [1.82, 2.24) is 4.98 Å². The van der Waals surface area contributed by atoms with Gasteiger partial charge >= 0.3 is 5.97 Å². The first-order chi connectivity index (χ1) is 21.7. The largest absolute Gasteiger partial charge is 0.481 e. The number of aliphatic carboxylic acids is 1. The number of carbonyl (C=O) groups is 3.